The monoisotopic (exact) mass is 737 g/mol. The summed E-state index contributed by atoms with van der Waals surface area (Å²) in [5.74, 6) is -1.26. The van der Waals surface area contributed by atoms with Gasteiger partial charge in [0, 0.05) is 19.4 Å². The highest BCUT2D eigenvalue weighted by atomic mass is 16.8. The van der Waals surface area contributed by atoms with Crippen LogP contribution < -0.4 is 5.32 Å². The van der Waals surface area contributed by atoms with Crippen LogP contribution in [0.5, 0.6) is 0 Å². The van der Waals surface area contributed by atoms with Crippen LogP contribution in [-0.2, 0) is 54.2 Å². The molecule has 14 nitrogen and oxygen atoms in total. The first-order valence-electron chi connectivity index (χ1n) is 19.2. The van der Waals surface area contributed by atoms with Crippen LogP contribution >= 0.6 is 0 Å². The fourth-order valence-electron chi connectivity index (χ4n) is 9.32. The number of benzene rings is 1. The van der Waals surface area contributed by atoms with Crippen LogP contribution in [0.15, 0.2) is 30.3 Å². The number of amides is 2. The lowest BCUT2D eigenvalue weighted by Crippen LogP contribution is -2.70. The molecule has 1 aromatic carbocycles. The van der Waals surface area contributed by atoms with Gasteiger partial charge in [-0.2, -0.15) is 5.06 Å². The van der Waals surface area contributed by atoms with Crippen LogP contribution in [0.4, 0.5) is 0 Å². The molecular formula is C39H51N3O11. The van der Waals surface area contributed by atoms with E-state index in [4.69, 9.17) is 28.5 Å². The van der Waals surface area contributed by atoms with Crippen LogP contribution in [0.25, 0.3) is 6.08 Å². The van der Waals surface area contributed by atoms with E-state index in [2.05, 4.69) is 17.5 Å². The normalized spacial score (nSPS) is 36.5. The summed E-state index contributed by atoms with van der Waals surface area (Å²) in [4.78, 5) is 63.2. The lowest BCUT2D eigenvalue weighted by atomic mass is 9.62. The third-order valence-corrected chi connectivity index (χ3v) is 11.9. The highest BCUT2D eigenvalue weighted by Gasteiger charge is 2.75. The van der Waals surface area contributed by atoms with E-state index in [-0.39, 0.29) is 45.1 Å². The highest BCUT2D eigenvalue weighted by Crippen LogP contribution is 2.56. The molecule has 5 heterocycles. The number of epoxide rings is 1. The Balaban J connectivity index is 0.987. The standard InChI is InChI=1S/C39H51N3O11/c1-38(2,3)52-30(44)15-13-25(20-43)40-35(45)26-5-4-16-41(26)37(47)39-18-29-31-32(49-21-48-31)34(39)53-42(33(39)36(46)51-29)19-24-10-7-22(8-11-24)6-9-23-12-14-27-28(17-23)50-27/h6-11,23,25-29,31-34,43H,4-5,12-21H2,1-3H3,(H,40,45). The molecule has 2 amide bonds. The van der Waals surface area contributed by atoms with Gasteiger partial charge in [-0.3, -0.25) is 24.0 Å². The first-order chi connectivity index (χ1) is 25.4. The number of hydrogen-bond donors (Lipinski definition) is 2. The molecule has 14 heteroatoms. The summed E-state index contributed by atoms with van der Waals surface area (Å²) in [6.07, 6.45) is 7.23. The van der Waals surface area contributed by atoms with E-state index in [9.17, 15) is 19.5 Å². The molecule has 5 aliphatic heterocycles. The number of aliphatic hydroxyl groups is 1. The van der Waals surface area contributed by atoms with Gasteiger partial charge in [0.15, 0.2) is 6.04 Å². The van der Waals surface area contributed by atoms with Crippen LogP contribution in [0.2, 0.25) is 0 Å². The first kappa shape index (κ1) is 36.6. The van der Waals surface area contributed by atoms with E-state index in [1.807, 2.05) is 24.3 Å². The van der Waals surface area contributed by atoms with Gasteiger partial charge in [0.2, 0.25) is 11.8 Å². The van der Waals surface area contributed by atoms with Gasteiger partial charge < -0.3 is 39.0 Å². The van der Waals surface area contributed by atoms with Gasteiger partial charge in [-0.25, -0.2) is 0 Å². The number of fused-ring (bicyclic) bond motifs is 5. The van der Waals surface area contributed by atoms with Crippen molar-refractivity contribution in [2.75, 3.05) is 19.9 Å². The van der Waals surface area contributed by atoms with Crippen molar-refractivity contribution in [3.63, 3.8) is 0 Å². The lowest BCUT2D eigenvalue weighted by Gasteiger charge is -2.50. The number of carbonyl (C=O) groups excluding carboxylic acids is 4. The zero-order valence-electron chi connectivity index (χ0n) is 30.6. The average Bonchev–Trinajstić information content (AvgIpc) is 3.43. The molecule has 2 saturated carbocycles. The van der Waals surface area contributed by atoms with Crippen LogP contribution in [-0.4, -0.2) is 119 Å². The van der Waals surface area contributed by atoms with Crippen molar-refractivity contribution in [3.8, 4) is 0 Å². The summed E-state index contributed by atoms with van der Waals surface area (Å²) in [7, 11) is 0. The molecule has 2 N–H and O–H groups in total. The third kappa shape index (κ3) is 7.14. The van der Waals surface area contributed by atoms with Crippen LogP contribution in [0, 0.1) is 11.3 Å². The molecule has 0 radical (unpaired) electrons. The number of nitrogens with zero attached hydrogens (tertiary/aromatic N) is 2. The number of hydroxylamine groups is 2. The van der Waals surface area contributed by atoms with E-state index in [1.165, 1.54) is 0 Å². The molecule has 11 atom stereocenters. The number of carbonyl (C=O) groups is 4. The van der Waals surface area contributed by atoms with Gasteiger partial charge in [-0.1, -0.05) is 36.4 Å². The maximum Gasteiger partial charge on any atom is 0.327 e. The number of esters is 2. The van der Waals surface area contributed by atoms with E-state index < -0.39 is 71.4 Å². The third-order valence-electron chi connectivity index (χ3n) is 11.9. The van der Waals surface area contributed by atoms with Crippen molar-refractivity contribution in [1.29, 1.82) is 0 Å². The van der Waals surface area contributed by atoms with Gasteiger partial charge in [-0.15, -0.1) is 0 Å². The van der Waals surface area contributed by atoms with Crippen molar-refractivity contribution in [2.45, 2.75) is 139 Å². The molecule has 288 valence electrons. The number of hydrogen-bond acceptors (Lipinski definition) is 12. The Kier molecular flexibility index (Phi) is 9.90. The molecular weight excluding hydrogens is 686 g/mol. The van der Waals surface area contributed by atoms with Crippen LogP contribution in [0.3, 0.4) is 0 Å². The minimum Gasteiger partial charge on any atom is -0.460 e. The number of aliphatic hydroxyl groups excluding tert-OH is 1. The summed E-state index contributed by atoms with van der Waals surface area (Å²) < 4.78 is 28.9. The average molecular weight is 738 g/mol. The predicted molar refractivity (Wildman–Crippen MR) is 186 cm³/mol. The minimum atomic E-state index is -1.38. The molecule has 8 rings (SSSR count). The Bertz CT molecular complexity index is 1610. The molecule has 2 bridgehead atoms. The molecule has 0 aromatic heterocycles. The summed E-state index contributed by atoms with van der Waals surface area (Å²) in [6, 6.07) is 5.46. The van der Waals surface area contributed by atoms with E-state index in [0.29, 0.717) is 37.5 Å². The lowest BCUT2D eigenvalue weighted by molar-refractivity contribution is -0.204. The van der Waals surface area contributed by atoms with E-state index >= 15 is 4.79 Å². The Morgan fingerprint density at radius 2 is 1.87 bits per heavy atom. The molecule has 7 aliphatic rings. The molecule has 2 aliphatic carbocycles. The zero-order valence-corrected chi connectivity index (χ0v) is 30.6. The SMILES string of the molecule is CC(C)(C)OC(=O)CCC(CO)NC(=O)C1CCCN1C(=O)C12CC3OC(=O)C1N(Cc1ccc(C=CC4CCC5OC5C4)cc1)OC2C1OCOC31. The number of nitrogens with one attached hydrogen (secondary N) is 1. The van der Waals surface area contributed by atoms with Crippen molar-refractivity contribution in [2.24, 2.45) is 11.3 Å². The summed E-state index contributed by atoms with van der Waals surface area (Å²) in [5, 5.41) is 14.5. The molecule has 11 unspecified atom stereocenters. The number of rotatable bonds is 11. The summed E-state index contributed by atoms with van der Waals surface area (Å²) >= 11 is 0. The topological polar surface area (TPSA) is 166 Å². The van der Waals surface area contributed by atoms with Crippen molar-refractivity contribution in [1.82, 2.24) is 15.3 Å². The summed E-state index contributed by atoms with van der Waals surface area (Å²) in [6.45, 7) is 5.47. The molecule has 5 saturated heterocycles. The number of ether oxygens (including phenoxy) is 5. The fraction of sp³-hybridized carbons (Fsp3) is 0.692. The number of likely N-dealkylation sites (tertiary alicyclic amines) is 1. The van der Waals surface area contributed by atoms with E-state index in [1.54, 1.807) is 30.7 Å². The van der Waals surface area contributed by atoms with Crippen molar-refractivity contribution >= 4 is 29.8 Å². The highest BCUT2D eigenvalue weighted by molar-refractivity contribution is 5.96. The Morgan fingerprint density at radius 1 is 1.08 bits per heavy atom. The largest absolute Gasteiger partial charge is 0.460 e. The Labute approximate surface area is 309 Å². The summed E-state index contributed by atoms with van der Waals surface area (Å²) in [5.41, 5.74) is -0.0616. The second-order valence-corrected chi connectivity index (χ2v) is 16.7. The fourth-order valence-corrected chi connectivity index (χ4v) is 9.32. The van der Waals surface area contributed by atoms with Gasteiger partial charge in [0.25, 0.3) is 0 Å². The van der Waals surface area contributed by atoms with Gasteiger partial charge in [-0.05, 0) is 76.3 Å². The molecule has 1 aromatic rings. The van der Waals surface area contributed by atoms with Crippen molar-refractivity contribution < 1.29 is 52.8 Å². The van der Waals surface area contributed by atoms with Gasteiger partial charge >= 0.3 is 11.9 Å². The minimum absolute atomic E-state index is 0.0110. The maximum absolute atomic E-state index is 15.0. The quantitative estimate of drug-likeness (QED) is 0.252. The zero-order chi connectivity index (χ0) is 37.1. The molecule has 0 spiro atoms. The second-order valence-electron chi connectivity index (χ2n) is 16.7. The Hall–Kier alpha value is -3.40. The predicted octanol–water partition coefficient (Wildman–Crippen LogP) is 2.40. The van der Waals surface area contributed by atoms with Gasteiger partial charge in [0.05, 0.1) is 31.4 Å². The van der Waals surface area contributed by atoms with Gasteiger partial charge in [0.1, 0.15) is 48.3 Å². The second kappa shape index (κ2) is 14.3. The number of allylic oxidation sites excluding steroid dienone is 1. The maximum atomic E-state index is 15.0. The smallest absolute Gasteiger partial charge is 0.327 e. The first-order valence-corrected chi connectivity index (χ1v) is 19.2. The molecule has 53 heavy (non-hydrogen) atoms. The Morgan fingerprint density at radius 3 is 2.62 bits per heavy atom. The van der Waals surface area contributed by atoms with E-state index in [0.717, 1.165) is 30.4 Å². The molecule has 7 fully saturated rings. The van der Waals surface area contributed by atoms with Crippen molar-refractivity contribution in [3.05, 3.63) is 41.5 Å². The van der Waals surface area contributed by atoms with Crippen LogP contribution in [0.1, 0.15) is 83.3 Å².